The van der Waals surface area contributed by atoms with Crippen molar-refractivity contribution in [2.75, 3.05) is 0 Å². The standard InChI is InChI=1S/C23H26BF3O2/c1-6-19(16-10-8-7-9-11-16)20(24-28-21(2,3)22(4,5)29-24)17-12-14-18(15-13-17)23(25,26)27/h7-15H,6H2,1-5H3/b20-19+. The van der Waals surface area contributed by atoms with E-state index in [0.29, 0.717) is 12.0 Å². The van der Waals surface area contributed by atoms with Gasteiger partial charge in [-0.25, -0.2) is 0 Å². The Bertz CT molecular complexity index is 869. The fourth-order valence-corrected chi connectivity index (χ4v) is 3.44. The highest BCUT2D eigenvalue weighted by atomic mass is 19.4. The van der Waals surface area contributed by atoms with Crippen molar-refractivity contribution in [1.29, 1.82) is 0 Å². The van der Waals surface area contributed by atoms with Crippen LogP contribution in [0.2, 0.25) is 0 Å². The third kappa shape index (κ3) is 4.29. The number of alkyl halides is 3. The molecular weight excluding hydrogens is 376 g/mol. The topological polar surface area (TPSA) is 18.5 Å². The van der Waals surface area contributed by atoms with E-state index < -0.39 is 30.1 Å². The highest BCUT2D eigenvalue weighted by molar-refractivity contribution is 6.71. The van der Waals surface area contributed by atoms with Crippen LogP contribution in [0.5, 0.6) is 0 Å². The maximum atomic E-state index is 13.1. The maximum Gasteiger partial charge on any atom is 0.495 e. The lowest BCUT2D eigenvalue weighted by Crippen LogP contribution is -2.41. The van der Waals surface area contributed by atoms with E-state index >= 15 is 0 Å². The monoisotopic (exact) mass is 402 g/mol. The molecule has 3 rings (SSSR count). The molecule has 0 spiro atoms. The van der Waals surface area contributed by atoms with Crippen LogP contribution in [0.1, 0.15) is 57.7 Å². The van der Waals surface area contributed by atoms with Crippen LogP contribution in [0.4, 0.5) is 13.2 Å². The number of hydrogen-bond acceptors (Lipinski definition) is 2. The zero-order valence-corrected chi connectivity index (χ0v) is 17.4. The lowest BCUT2D eigenvalue weighted by molar-refractivity contribution is -0.137. The molecule has 2 aromatic carbocycles. The van der Waals surface area contributed by atoms with Gasteiger partial charge < -0.3 is 9.31 Å². The van der Waals surface area contributed by atoms with Gasteiger partial charge in [-0.15, -0.1) is 0 Å². The SMILES string of the molecule is CC/C(=C(\B1OC(C)(C)C(C)(C)O1)c1ccc(C(F)(F)F)cc1)c1ccccc1. The van der Waals surface area contributed by atoms with Gasteiger partial charge >= 0.3 is 13.3 Å². The van der Waals surface area contributed by atoms with Crippen LogP contribution in [0.15, 0.2) is 54.6 Å². The molecule has 154 valence electrons. The summed E-state index contributed by atoms with van der Waals surface area (Å²) in [6, 6.07) is 15.0. The average molecular weight is 402 g/mol. The number of allylic oxidation sites excluding steroid dienone is 1. The van der Waals surface area contributed by atoms with Crippen molar-refractivity contribution in [2.45, 2.75) is 58.4 Å². The van der Waals surface area contributed by atoms with Crippen molar-refractivity contribution >= 4 is 18.2 Å². The first kappa shape index (κ1) is 21.7. The third-order valence-electron chi connectivity index (χ3n) is 5.81. The minimum absolute atomic E-state index is 0.551. The molecule has 0 N–H and O–H groups in total. The molecule has 0 amide bonds. The molecule has 2 nitrogen and oxygen atoms in total. The first-order valence-electron chi connectivity index (χ1n) is 9.78. The van der Waals surface area contributed by atoms with Crippen molar-refractivity contribution in [3.63, 3.8) is 0 Å². The molecule has 0 aromatic heterocycles. The highest BCUT2D eigenvalue weighted by Crippen LogP contribution is 2.43. The van der Waals surface area contributed by atoms with Crippen LogP contribution in [0.3, 0.4) is 0 Å². The van der Waals surface area contributed by atoms with Crippen LogP contribution in [-0.4, -0.2) is 18.3 Å². The van der Waals surface area contributed by atoms with Crippen molar-refractivity contribution in [3.05, 3.63) is 71.3 Å². The van der Waals surface area contributed by atoms with Gasteiger partial charge in [0.05, 0.1) is 16.8 Å². The van der Waals surface area contributed by atoms with Crippen molar-refractivity contribution < 1.29 is 22.5 Å². The molecule has 29 heavy (non-hydrogen) atoms. The molecule has 0 atom stereocenters. The summed E-state index contributed by atoms with van der Waals surface area (Å²) in [4.78, 5) is 0. The largest absolute Gasteiger partial charge is 0.495 e. The van der Waals surface area contributed by atoms with E-state index in [1.54, 1.807) is 0 Å². The molecule has 1 fully saturated rings. The Morgan fingerprint density at radius 1 is 0.828 bits per heavy atom. The second-order valence-corrected chi connectivity index (χ2v) is 8.28. The fraction of sp³-hybridized carbons (Fsp3) is 0.391. The summed E-state index contributed by atoms with van der Waals surface area (Å²) in [7, 11) is -0.674. The maximum absolute atomic E-state index is 13.1. The lowest BCUT2D eigenvalue weighted by atomic mass is 9.69. The second-order valence-electron chi connectivity index (χ2n) is 8.28. The van der Waals surface area contributed by atoms with Crippen molar-refractivity contribution in [3.8, 4) is 0 Å². The Kier molecular flexibility index (Phi) is 5.72. The molecule has 1 heterocycles. The average Bonchev–Trinajstić information content (AvgIpc) is 2.86. The second kappa shape index (κ2) is 7.65. The summed E-state index contributed by atoms with van der Waals surface area (Å²) in [5, 5.41) is 0. The van der Waals surface area contributed by atoms with E-state index in [-0.39, 0.29) is 0 Å². The first-order valence-corrected chi connectivity index (χ1v) is 9.78. The smallest absolute Gasteiger partial charge is 0.399 e. The Hall–Kier alpha value is -2.05. The van der Waals surface area contributed by atoms with E-state index in [1.165, 1.54) is 12.1 Å². The van der Waals surface area contributed by atoms with Crippen molar-refractivity contribution in [1.82, 2.24) is 0 Å². The summed E-state index contributed by atoms with van der Waals surface area (Å²) < 4.78 is 51.7. The molecule has 0 aliphatic carbocycles. The Balaban J connectivity index is 2.16. The molecule has 1 aliphatic heterocycles. The molecule has 6 heteroatoms. The van der Waals surface area contributed by atoms with Gasteiger partial charge in [0, 0.05) is 0 Å². The highest BCUT2D eigenvalue weighted by Gasteiger charge is 2.53. The van der Waals surface area contributed by atoms with Gasteiger partial charge in [-0.05, 0) is 68.4 Å². The number of halogens is 3. The Labute approximate surface area is 170 Å². The molecule has 0 saturated carbocycles. The summed E-state index contributed by atoms with van der Waals surface area (Å²) in [5.74, 6) is 0. The van der Waals surface area contributed by atoms with Gasteiger partial charge in [0.2, 0.25) is 0 Å². The van der Waals surface area contributed by atoms with Crippen LogP contribution in [0, 0.1) is 0 Å². The quantitative estimate of drug-likeness (QED) is 0.421. The summed E-state index contributed by atoms with van der Waals surface area (Å²) in [6.45, 7) is 9.88. The van der Waals surface area contributed by atoms with E-state index in [9.17, 15) is 13.2 Å². The van der Waals surface area contributed by atoms with Gasteiger partial charge in [-0.1, -0.05) is 49.4 Å². The normalized spacial score (nSPS) is 19.2. The van der Waals surface area contributed by atoms with Crippen LogP contribution < -0.4 is 0 Å². The van der Waals surface area contributed by atoms with Gasteiger partial charge in [0.15, 0.2) is 0 Å². The molecule has 1 saturated heterocycles. The van der Waals surface area contributed by atoms with E-state index in [1.807, 2.05) is 65.0 Å². The third-order valence-corrected chi connectivity index (χ3v) is 5.81. The van der Waals surface area contributed by atoms with Gasteiger partial charge in [0.25, 0.3) is 0 Å². The minimum Gasteiger partial charge on any atom is -0.399 e. The molecule has 0 bridgehead atoms. The molecule has 2 aromatic rings. The first-order chi connectivity index (χ1) is 13.5. The molecular formula is C23H26BF3O2. The predicted molar refractivity (Wildman–Crippen MR) is 111 cm³/mol. The number of benzene rings is 2. The van der Waals surface area contributed by atoms with Crippen LogP contribution >= 0.6 is 0 Å². The molecule has 0 unspecified atom stereocenters. The lowest BCUT2D eigenvalue weighted by Gasteiger charge is -2.32. The molecule has 0 radical (unpaired) electrons. The summed E-state index contributed by atoms with van der Waals surface area (Å²) in [6.07, 6.45) is -3.69. The zero-order valence-electron chi connectivity index (χ0n) is 17.4. The van der Waals surface area contributed by atoms with E-state index in [0.717, 1.165) is 28.7 Å². The fourth-order valence-electron chi connectivity index (χ4n) is 3.44. The van der Waals surface area contributed by atoms with Crippen molar-refractivity contribution in [2.24, 2.45) is 0 Å². The summed E-state index contributed by atoms with van der Waals surface area (Å²) in [5.41, 5.74) is 1.65. The van der Waals surface area contributed by atoms with Crippen LogP contribution in [0.25, 0.3) is 11.0 Å². The number of rotatable bonds is 4. The van der Waals surface area contributed by atoms with E-state index in [2.05, 4.69) is 0 Å². The van der Waals surface area contributed by atoms with Gasteiger partial charge in [0.1, 0.15) is 0 Å². The van der Waals surface area contributed by atoms with Crippen LogP contribution in [-0.2, 0) is 15.5 Å². The zero-order chi connectivity index (χ0) is 21.4. The van der Waals surface area contributed by atoms with Gasteiger partial charge in [-0.3, -0.25) is 0 Å². The summed E-state index contributed by atoms with van der Waals surface area (Å²) >= 11 is 0. The minimum atomic E-state index is -4.38. The van der Waals surface area contributed by atoms with E-state index in [4.69, 9.17) is 9.31 Å². The Morgan fingerprint density at radius 3 is 1.79 bits per heavy atom. The predicted octanol–water partition coefficient (Wildman–Crippen LogP) is 6.66. The van der Waals surface area contributed by atoms with Gasteiger partial charge in [-0.2, -0.15) is 13.2 Å². The Morgan fingerprint density at radius 2 is 1.34 bits per heavy atom. The number of hydrogen-bond donors (Lipinski definition) is 0. The molecule has 1 aliphatic rings.